The standard InChI is InChI=1S/C25H21N5O/c1-15(26)2-3-16-4-6-17(7-5-16)21-12-20-18(13-27-21)8-9-19-22(20)29-30-14-25(10-11-25)28-24(31)23(19)30/h4-7,12-13H,1,8-11,14,26H2,(H,28,31). The van der Waals surface area contributed by atoms with Crippen LogP contribution in [0.4, 0.5) is 0 Å². The lowest BCUT2D eigenvalue weighted by Crippen LogP contribution is -2.46. The van der Waals surface area contributed by atoms with Gasteiger partial charge in [0.05, 0.1) is 29.2 Å². The fourth-order valence-corrected chi connectivity index (χ4v) is 4.58. The van der Waals surface area contributed by atoms with Gasteiger partial charge in [0, 0.05) is 28.5 Å². The van der Waals surface area contributed by atoms with Gasteiger partial charge in [-0.3, -0.25) is 14.5 Å². The van der Waals surface area contributed by atoms with E-state index in [1.807, 2.05) is 35.1 Å². The summed E-state index contributed by atoms with van der Waals surface area (Å²) in [6, 6.07) is 10.0. The van der Waals surface area contributed by atoms with Crippen molar-refractivity contribution in [1.29, 1.82) is 0 Å². The van der Waals surface area contributed by atoms with Crippen molar-refractivity contribution in [1.82, 2.24) is 20.1 Å². The predicted molar refractivity (Wildman–Crippen MR) is 118 cm³/mol. The zero-order chi connectivity index (χ0) is 21.2. The molecule has 6 nitrogen and oxygen atoms in total. The molecule has 0 saturated heterocycles. The maximum atomic E-state index is 12.8. The fourth-order valence-electron chi connectivity index (χ4n) is 4.58. The first-order chi connectivity index (χ1) is 15.0. The number of nitrogens with two attached hydrogens (primary N) is 1. The third kappa shape index (κ3) is 2.93. The number of allylic oxidation sites excluding steroid dienone is 1. The molecule has 1 amide bonds. The van der Waals surface area contributed by atoms with Crippen LogP contribution < -0.4 is 11.1 Å². The number of fused-ring (bicyclic) bond motifs is 5. The second kappa shape index (κ2) is 6.32. The molecule has 2 aromatic heterocycles. The summed E-state index contributed by atoms with van der Waals surface area (Å²) in [5, 5.41) is 8.10. The normalized spacial score (nSPS) is 17.0. The molecule has 2 aliphatic carbocycles. The molecule has 1 aromatic carbocycles. The molecular formula is C25H21N5O. The second-order valence-electron chi connectivity index (χ2n) is 8.65. The largest absolute Gasteiger partial charge is 0.392 e. The van der Waals surface area contributed by atoms with E-state index in [2.05, 4.69) is 34.8 Å². The molecule has 3 aliphatic rings. The molecule has 0 atom stereocenters. The van der Waals surface area contributed by atoms with Crippen molar-refractivity contribution < 1.29 is 4.79 Å². The highest BCUT2D eigenvalue weighted by molar-refractivity contribution is 5.98. The summed E-state index contributed by atoms with van der Waals surface area (Å²) in [4.78, 5) is 17.5. The van der Waals surface area contributed by atoms with Crippen molar-refractivity contribution in [3.05, 3.63) is 71.2 Å². The van der Waals surface area contributed by atoms with E-state index in [-0.39, 0.29) is 11.4 Å². The third-order valence-corrected chi connectivity index (χ3v) is 6.38. The first-order valence-corrected chi connectivity index (χ1v) is 10.5. The Morgan fingerprint density at radius 2 is 2.03 bits per heavy atom. The molecule has 0 unspecified atom stereocenters. The molecule has 3 N–H and O–H groups in total. The van der Waals surface area contributed by atoms with E-state index in [1.165, 1.54) is 5.56 Å². The Balaban J connectivity index is 1.39. The summed E-state index contributed by atoms with van der Waals surface area (Å²) < 4.78 is 1.93. The summed E-state index contributed by atoms with van der Waals surface area (Å²) >= 11 is 0. The molecule has 1 spiro atoms. The van der Waals surface area contributed by atoms with Gasteiger partial charge in [0.1, 0.15) is 5.69 Å². The van der Waals surface area contributed by atoms with Gasteiger partial charge in [0.15, 0.2) is 0 Å². The minimum atomic E-state index is -0.0637. The van der Waals surface area contributed by atoms with Crippen LogP contribution in [0.15, 0.2) is 48.8 Å². The third-order valence-electron chi connectivity index (χ3n) is 6.38. The maximum absolute atomic E-state index is 12.8. The van der Waals surface area contributed by atoms with Gasteiger partial charge in [-0.2, -0.15) is 5.10 Å². The van der Waals surface area contributed by atoms with Gasteiger partial charge in [-0.15, -0.1) is 0 Å². The summed E-state index contributed by atoms with van der Waals surface area (Å²) in [7, 11) is 0. The number of amides is 1. The van der Waals surface area contributed by atoms with Gasteiger partial charge < -0.3 is 11.1 Å². The zero-order valence-corrected chi connectivity index (χ0v) is 17.0. The maximum Gasteiger partial charge on any atom is 0.270 e. The number of aromatic nitrogens is 3. The number of nitrogens with one attached hydrogen (secondary N) is 1. The van der Waals surface area contributed by atoms with E-state index in [1.54, 1.807) is 0 Å². The van der Waals surface area contributed by atoms with Crippen molar-refractivity contribution >= 4 is 5.91 Å². The van der Waals surface area contributed by atoms with Crippen LogP contribution in [-0.2, 0) is 19.4 Å². The van der Waals surface area contributed by atoms with E-state index in [9.17, 15) is 4.79 Å². The number of hydrogen-bond acceptors (Lipinski definition) is 4. The first-order valence-electron chi connectivity index (χ1n) is 10.5. The molecule has 1 saturated carbocycles. The molecule has 0 radical (unpaired) electrons. The van der Waals surface area contributed by atoms with Crippen molar-refractivity contribution in [2.75, 3.05) is 0 Å². The van der Waals surface area contributed by atoms with Crippen LogP contribution in [0.25, 0.3) is 22.5 Å². The van der Waals surface area contributed by atoms with Gasteiger partial charge in [-0.1, -0.05) is 24.6 Å². The minimum Gasteiger partial charge on any atom is -0.392 e. The Morgan fingerprint density at radius 3 is 2.77 bits per heavy atom. The Kier molecular flexibility index (Phi) is 3.66. The van der Waals surface area contributed by atoms with Crippen LogP contribution in [0, 0.1) is 11.8 Å². The molecule has 152 valence electrons. The lowest BCUT2D eigenvalue weighted by atomic mass is 9.89. The molecule has 1 aliphatic heterocycles. The highest BCUT2D eigenvalue weighted by Crippen LogP contribution is 2.43. The van der Waals surface area contributed by atoms with Gasteiger partial charge in [-0.25, -0.2) is 0 Å². The Labute approximate surface area is 180 Å². The van der Waals surface area contributed by atoms with Crippen LogP contribution >= 0.6 is 0 Å². The molecule has 6 heteroatoms. The number of benzene rings is 1. The molecule has 31 heavy (non-hydrogen) atoms. The van der Waals surface area contributed by atoms with Gasteiger partial charge in [0.25, 0.3) is 5.91 Å². The number of hydrogen-bond donors (Lipinski definition) is 2. The zero-order valence-electron chi connectivity index (χ0n) is 17.0. The van der Waals surface area contributed by atoms with E-state index in [4.69, 9.17) is 10.8 Å². The van der Waals surface area contributed by atoms with E-state index >= 15 is 0 Å². The highest BCUT2D eigenvalue weighted by atomic mass is 16.2. The number of pyridine rings is 1. The monoisotopic (exact) mass is 407 g/mol. The number of carbonyl (C=O) groups is 1. The summed E-state index contributed by atoms with van der Waals surface area (Å²) in [5.74, 6) is 5.79. The van der Waals surface area contributed by atoms with E-state index < -0.39 is 0 Å². The minimum absolute atomic E-state index is 0.0205. The lowest BCUT2D eigenvalue weighted by Gasteiger charge is -2.24. The molecular weight excluding hydrogens is 386 g/mol. The molecule has 3 aromatic rings. The number of aryl methyl sites for hydroxylation is 1. The summed E-state index contributed by atoms with van der Waals surface area (Å²) in [6.07, 6.45) is 5.70. The highest BCUT2D eigenvalue weighted by Gasteiger charge is 2.49. The van der Waals surface area contributed by atoms with Crippen LogP contribution in [-0.4, -0.2) is 26.2 Å². The predicted octanol–water partition coefficient (Wildman–Crippen LogP) is 2.81. The van der Waals surface area contributed by atoms with Crippen molar-refractivity contribution in [3.63, 3.8) is 0 Å². The average Bonchev–Trinajstić information content (AvgIpc) is 3.38. The topological polar surface area (TPSA) is 85.8 Å². The van der Waals surface area contributed by atoms with Crippen molar-refractivity contribution in [2.24, 2.45) is 5.73 Å². The summed E-state index contributed by atoms with van der Waals surface area (Å²) in [5.41, 5.74) is 13.5. The van der Waals surface area contributed by atoms with E-state index in [0.717, 1.165) is 71.6 Å². The lowest BCUT2D eigenvalue weighted by molar-refractivity contribution is 0.0885. The number of nitrogens with zero attached hydrogens (tertiary/aromatic N) is 3. The first kappa shape index (κ1) is 18.0. The summed E-state index contributed by atoms with van der Waals surface area (Å²) in [6.45, 7) is 4.37. The van der Waals surface area contributed by atoms with Crippen LogP contribution in [0.5, 0.6) is 0 Å². The number of carbonyl (C=O) groups excluding carboxylic acids is 1. The van der Waals surface area contributed by atoms with E-state index in [0.29, 0.717) is 5.70 Å². The average molecular weight is 407 g/mol. The van der Waals surface area contributed by atoms with Crippen LogP contribution in [0.1, 0.15) is 40.0 Å². The van der Waals surface area contributed by atoms with Crippen LogP contribution in [0.2, 0.25) is 0 Å². The van der Waals surface area contributed by atoms with Crippen LogP contribution in [0.3, 0.4) is 0 Å². The molecule has 6 rings (SSSR count). The van der Waals surface area contributed by atoms with Gasteiger partial charge >= 0.3 is 0 Å². The Bertz CT molecular complexity index is 1330. The smallest absolute Gasteiger partial charge is 0.270 e. The Hall–Kier alpha value is -3.85. The second-order valence-corrected chi connectivity index (χ2v) is 8.65. The SMILES string of the molecule is C=C(N)C#Cc1ccc(-c2cc3c(cn2)CCc2c-3nn3c2C(=O)NC2(CC2)C3)cc1. The van der Waals surface area contributed by atoms with Gasteiger partial charge in [-0.05, 0) is 55.4 Å². The fraction of sp³-hybridized carbons (Fsp3) is 0.240. The van der Waals surface area contributed by atoms with Gasteiger partial charge in [0.2, 0.25) is 0 Å². The molecule has 3 heterocycles. The number of rotatable bonds is 1. The van der Waals surface area contributed by atoms with Crippen molar-refractivity contribution in [3.8, 4) is 34.4 Å². The Morgan fingerprint density at radius 1 is 1.23 bits per heavy atom. The molecule has 1 fully saturated rings. The quantitative estimate of drug-likeness (QED) is 0.608. The van der Waals surface area contributed by atoms with Crippen molar-refractivity contribution in [2.45, 2.75) is 37.8 Å². The molecule has 0 bridgehead atoms.